The smallest absolute Gasteiger partial charge is 0.309 e. The summed E-state index contributed by atoms with van der Waals surface area (Å²) in [5, 5.41) is 8.76. The lowest BCUT2D eigenvalue weighted by Crippen LogP contribution is -2.40. The largest absolute Gasteiger partial charge is 0.462 e. The number of nitriles is 1. The van der Waals surface area contributed by atoms with Crippen molar-refractivity contribution in [3.05, 3.63) is 0 Å². The summed E-state index contributed by atoms with van der Waals surface area (Å²) in [6.07, 6.45) is 1.32. The van der Waals surface area contributed by atoms with Gasteiger partial charge >= 0.3 is 5.97 Å². The number of nitrogens with zero attached hydrogens (tertiary/aromatic N) is 1. The van der Waals surface area contributed by atoms with Gasteiger partial charge in [0.25, 0.3) is 0 Å². The molecular weight excluding hydrogens is 316 g/mol. The zero-order valence-electron chi connectivity index (χ0n) is 14.3. The summed E-state index contributed by atoms with van der Waals surface area (Å²) in [5.41, 5.74) is 0. The molecule has 0 bridgehead atoms. The van der Waals surface area contributed by atoms with E-state index < -0.39 is 24.4 Å². The second kappa shape index (κ2) is 9.31. The Kier molecular flexibility index (Phi) is 7.41. The highest BCUT2D eigenvalue weighted by Gasteiger charge is 2.41. The number of hydrogen-bond donors (Lipinski definition) is 0. The van der Waals surface area contributed by atoms with Gasteiger partial charge in [0.2, 0.25) is 0 Å². The zero-order chi connectivity index (χ0) is 17.5. The van der Waals surface area contributed by atoms with Crippen LogP contribution < -0.4 is 0 Å². The topological polar surface area (TPSA) is 59.3 Å². The third-order valence-corrected chi connectivity index (χ3v) is 5.05. The molecule has 0 heterocycles. The first-order valence-electron chi connectivity index (χ1n) is 9.05. The predicted octanol–water partition coefficient (Wildman–Crippen LogP) is 3.88. The fourth-order valence-corrected chi connectivity index (χ4v) is 3.50. The van der Waals surface area contributed by atoms with Crippen molar-refractivity contribution in [2.24, 2.45) is 11.8 Å². The molecule has 2 aliphatic carbocycles. The second-order valence-corrected chi connectivity index (χ2v) is 6.92. The van der Waals surface area contributed by atoms with Crippen LogP contribution in [-0.4, -0.2) is 37.1 Å². The molecule has 136 valence electrons. The van der Waals surface area contributed by atoms with Crippen LogP contribution in [0.25, 0.3) is 0 Å². The summed E-state index contributed by atoms with van der Waals surface area (Å²) in [6.45, 7) is 2.87. The molecule has 24 heavy (non-hydrogen) atoms. The fourth-order valence-electron chi connectivity index (χ4n) is 3.50. The Morgan fingerprint density at radius 2 is 1.75 bits per heavy atom. The average Bonchev–Trinajstić information content (AvgIpc) is 2.55. The number of carbonyl (C=O) groups excluding carboxylic acids is 1. The summed E-state index contributed by atoms with van der Waals surface area (Å²) in [4.78, 5) is 12.2. The van der Waals surface area contributed by atoms with Crippen molar-refractivity contribution in [1.82, 2.24) is 0 Å². The highest BCUT2D eigenvalue weighted by Crippen LogP contribution is 2.33. The molecule has 2 saturated carbocycles. The fraction of sp³-hybridized carbons (Fsp3) is 0.889. The number of halogens is 2. The molecule has 0 N–H and O–H groups in total. The summed E-state index contributed by atoms with van der Waals surface area (Å²) in [6, 6.07) is 1.66. The van der Waals surface area contributed by atoms with Crippen molar-refractivity contribution < 1.29 is 23.0 Å². The molecule has 2 aliphatic rings. The first-order chi connectivity index (χ1) is 11.5. The Bertz CT molecular complexity index is 434. The molecule has 0 saturated heterocycles. The third kappa shape index (κ3) is 5.14. The van der Waals surface area contributed by atoms with Crippen molar-refractivity contribution >= 4 is 5.97 Å². The molecule has 4 nitrogen and oxygen atoms in total. The van der Waals surface area contributed by atoms with Crippen LogP contribution in [0.5, 0.6) is 0 Å². The van der Waals surface area contributed by atoms with Gasteiger partial charge in [0.05, 0.1) is 18.1 Å². The van der Waals surface area contributed by atoms with E-state index >= 15 is 0 Å². The maximum Gasteiger partial charge on any atom is 0.309 e. The van der Waals surface area contributed by atoms with Crippen LogP contribution in [0.2, 0.25) is 0 Å². The highest BCUT2D eigenvalue weighted by molar-refractivity contribution is 5.72. The minimum Gasteiger partial charge on any atom is -0.462 e. The van der Waals surface area contributed by atoms with Gasteiger partial charge in [-0.15, -0.1) is 0 Å². The second-order valence-electron chi connectivity index (χ2n) is 6.92. The molecule has 6 heteroatoms. The normalized spacial score (nSPS) is 36.8. The summed E-state index contributed by atoms with van der Waals surface area (Å²) < 4.78 is 38.6. The monoisotopic (exact) mass is 343 g/mol. The first-order valence-corrected chi connectivity index (χ1v) is 9.05. The Balaban J connectivity index is 1.73. The molecule has 2 fully saturated rings. The molecule has 2 atom stereocenters. The van der Waals surface area contributed by atoms with E-state index in [2.05, 4.69) is 6.92 Å². The quantitative estimate of drug-likeness (QED) is 0.542. The van der Waals surface area contributed by atoms with Gasteiger partial charge in [0, 0.05) is 19.4 Å². The number of unbranched alkanes of at least 4 members (excludes halogenated alkanes) is 1. The highest BCUT2D eigenvalue weighted by atomic mass is 19.1. The lowest BCUT2D eigenvalue weighted by Gasteiger charge is -2.33. The van der Waals surface area contributed by atoms with E-state index in [9.17, 15) is 13.6 Å². The van der Waals surface area contributed by atoms with E-state index in [0.29, 0.717) is 12.8 Å². The molecule has 2 unspecified atom stereocenters. The van der Waals surface area contributed by atoms with Crippen molar-refractivity contribution in [2.45, 2.75) is 82.8 Å². The van der Waals surface area contributed by atoms with Crippen LogP contribution in [0.15, 0.2) is 0 Å². The summed E-state index contributed by atoms with van der Waals surface area (Å²) >= 11 is 0. The van der Waals surface area contributed by atoms with Gasteiger partial charge < -0.3 is 9.47 Å². The van der Waals surface area contributed by atoms with Gasteiger partial charge in [-0.25, -0.2) is 8.78 Å². The lowest BCUT2D eigenvalue weighted by molar-refractivity contribution is -0.160. The first kappa shape index (κ1) is 19.1. The molecule has 0 aliphatic heterocycles. The molecule has 2 rings (SSSR count). The Hall–Kier alpha value is -1.22. The maximum absolute atomic E-state index is 13.8. The van der Waals surface area contributed by atoms with E-state index in [-0.39, 0.29) is 30.8 Å². The van der Waals surface area contributed by atoms with E-state index in [1.54, 1.807) is 6.07 Å². The minimum atomic E-state index is -1.57. The molecule has 0 amide bonds. The van der Waals surface area contributed by atoms with Crippen LogP contribution in [0.4, 0.5) is 8.78 Å². The number of hydrogen-bond acceptors (Lipinski definition) is 4. The molecular formula is C18H27F2NO3. The Morgan fingerprint density at radius 3 is 2.29 bits per heavy atom. The van der Waals surface area contributed by atoms with Gasteiger partial charge in [-0.2, -0.15) is 5.26 Å². The SMILES string of the molecule is CCCCOC1CCC(C(=O)OC2CC(F)C(C#N)C(F)C2)CC1. The van der Waals surface area contributed by atoms with Gasteiger partial charge in [-0.3, -0.25) is 4.79 Å². The molecule has 0 aromatic carbocycles. The number of ether oxygens (including phenoxy) is 2. The number of alkyl halides is 2. The predicted molar refractivity (Wildman–Crippen MR) is 84.6 cm³/mol. The molecule has 0 aromatic heterocycles. The van der Waals surface area contributed by atoms with E-state index in [1.165, 1.54) is 0 Å². The Morgan fingerprint density at radius 1 is 1.12 bits per heavy atom. The van der Waals surface area contributed by atoms with Crippen LogP contribution in [0.3, 0.4) is 0 Å². The minimum absolute atomic E-state index is 0.0835. The third-order valence-electron chi connectivity index (χ3n) is 5.05. The van der Waals surface area contributed by atoms with Crippen molar-refractivity contribution in [1.29, 1.82) is 5.26 Å². The van der Waals surface area contributed by atoms with Crippen molar-refractivity contribution in [2.75, 3.05) is 6.61 Å². The number of carbonyl (C=O) groups is 1. The lowest BCUT2D eigenvalue weighted by atomic mass is 9.84. The molecule has 0 aromatic rings. The van der Waals surface area contributed by atoms with E-state index in [1.807, 2.05) is 0 Å². The number of rotatable bonds is 6. The van der Waals surface area contributed by atoms with Crippen molar-refractivity contribution in [3.63, 3.8) is 0 Å². The Labute approximate surface area is 142 Å². The van der Waals surface area contributed by atoms with E-state index in [0.717, 1.165) is 32.3 Å². The zero-order valence-corrected chi connectivity index (χ0v) is 14.3. The van der Waals surface area contributed by atoms with Crippen LogP contribution >= 0.6 is 0 Å². The van der Waals surface area contributed by atoms with Gasteiger partial charge in [-0.05, 0) is 32.1 Å². The average molecular weight is 343 g/mol. The maximum atomic E-state index is 13.8. The summed E-state index contributed by atoms with van der Waals surface area (Å²) in [5.74, 6) is -1.81. The van der Waals surface area contributed by atoms with E-state index in [4.69, 9.17) is 14.7 Å². The van der Waals surface area contributed by atoms with Crippen LogP contribution in [0, 0.1) is 23.2 Å². The van der Waals surface area contributed by atoms with Gasteiger partial charge in [-0.1, -0.05) is 13.3 Å². The van der Waals surface area contributed by atoms with Crippen LogP contribution in [-0.2, 0) is 14.3 Å². The standard InChI is InChI=1S/C18H27F2NO3/c1-2-3-8-23-13-6-4-12(5-7-13)18(22)24-14-9-16(19)15(11-21)17(20)10-14/h12-17H,2-10H2,1H3. The molecule has 0 spiro atoms. The molecule has 0 radical (unpaired) electrons. The number of esters is 1. The van der Waals surface area contributed by atoms with Crippen LogP contribution in [0.1, 0.15) is 58.3 Å². The summed E-state index contributed by atoms with van der Waals surface area (Å²) in [7, 11) is 0. The van der Waals surface area contributed by atoms with Crippen molar-refractivity contribution in [3.8, 4) is 6.07 Å². The van der Waals surface area contributed by atoms with Gasteiger partial charge in [0.1, 0.15) is 24.4 Å². The van der Waals surface area contributed by atoms with Gasteiger partial charge in [0.15, 0.2) is 0 Å².